The van der Waals surface area contributed by atoms with E-state index in [1.807, 2.05) is 4.90 Å². The second-order valence-corrected chi connectivity index (χ2v) is 5.33. The summed E-state index contributed by atoms with van der Waals surface area (Å²) in [6.45, 7) is 4.18. The number of likely N-dealkylation sites (tertiary alicyclic amines) is 1. The average molecular weight is 278 g/mol. The molecule has 1 N–H and O–H groups in total. The van der Waals surface area contributed by atoms with E-state index in [9.17, 15) is 9.18 Å². The summed E-state index contributed by atoms with van der Waals surface area (Å²) in [5.41, 5.74) is 1.03. The van der Waals surface area contributed by atoms with Gasteiger partial charge in [-0.1, -0.05) is 19.1 Å². The molecule has 1 aliphatic rings. The van der Waals surface area contributed by atoms with Gasteiger partial charge in [-0.3, -0.25) is 4.79 Å². The van der Waals surface area contributed by atoms with Gasteiger partial charge in [0.2, 0.25) is 5.91 Å². The zero-order chi connectivity index (χ0) is 14.4. The molecule has 2 rings (SSSR count). The van der Waals surface area contributed by atoms with E-state index in [0.29, 0.717) is 6.54 Å². The lowest BCUT2D eigenvalue weighted by Crippen LogP contribution is -2.41. The van der Waals surface area contributed by atoms with Crippen molar-refractivity contribution in [1.29, 1.82) is 0 Å². The Kier molecular flexibility index (Phi) is 5.53. The molecule has 0 spiro atoms. The van der Waals surface area contributed by atoms with Crippen LogP contribution in [0.25, 0.3) is 0 Å². The van der Waals surface area contributed by atoms with Crippen LogP contribution >= 0.6 is 0 Å². The average Bonchev–Trinajstić information content (AvgIpc) is 2.50. The summed E-state index contributed by atoms with van der Waals surface area (Å²) in [5.74, 6) is -0.0572. The van der Waals surface area contributed by atoms with Gasteiger partial charge in [0.05, 0.1) is 6.54 Å². The normalized spacial score (nSPS) is 17.0. The Bertz CT molecular complexity index is 427. The number of nitrogens with zero attached hydrogens (tertiary/aromatic N) is 1. The highest BCUT2D eigenvalue weighted by Gasteiger charge is 2.17. The van der Waals surface area contributed by atoms with Gasteiger partial charge in [-0.25, -0.2) is 4.39 Å². The fourth-order valence-electron chi connectivity index (χ4n) is 2.66. The summed E-state index contributed by atoms with van der Waals surface area (Å²) >= 11 is 0. The minimum atomic E-state index is -0.229. The number of hydrogen-bond acceptors (Lipinski definition) is 2. The van der Waals surface area contributed by atoms with E-state index in [1.165, 1.54) is 18.6 Å². The van der Waals surface area contributed by atoms with Crippen molar-refractivity contribution in [2.45, 2.75) is 38.6 Å². The predicted octanol–water partition coefficient (Wildman–Crippen LogP) is 2.88. The number of nitrogens with one attached hydrogen (secondary N) is 1. The van der Waals surface area contributed by atoms with Crippen molar-refractivity contribution >= 4 is 5.91 Å². The fraction of sp³-hybridized carbons (Fsp3) is 0.562. The summed E-state index contributed by atoms with van der Waals surface area (Å²) < 4.78 is 12.9. The van der Waals surface area contributed by atoms with Gasteiger partial charge in [-0.05, 0) is 43.4 Å². The molecule has 1 heterocycles. The predicted molar refractivity (Wildman–Crippen MR) is 77.9 cm³/mol. The van der Waals surface area contributed by atoms with Crippen LogP contribution in [0.2, 0.25) is 0 Å². The summed E-state index contributed by atoms with van der Waals surface area (Å²) in [6.07, 6.45) is 4.32. The third kappa shape index (κ3) is 4.04. The lowest BCUT2D eigenvalue weighted by Gasteiger charge is -2.27. The summed E-state index contributed by atoms with van der Waals surface area (Å²) in [5, 5.41) is 3.29. The summed E-state index contributed by atoms with van der Waals surface area (Å²) in [4.78, 5) is 14.0. The number of rotatable bonds is 5. The molecule has 1 saturated heterocycles. The van der Waals surface area contributed by atoms with E-state index in [2.05, 4.69) is 12.2 Å². The van der Waals surface area contributed by atoms with E-state index in [1.54, 1.807) is 12.1 Å². The molecule has 1 aromatic rings. The number of halogens is 1. The van der Waals surface area contributed by atoms with Crippen LogP contribution in [-0.4, -0.2) is 30.4 Å². The van der Waals surface area contributed by atoms with Crippen LogP contribution in [0.5, 0.6) is 0 Å². The lowest BCUT2D eigenvalue weighted by atomic mass is 10.0. The quantitative estimate of drug-likeness (QED) is 0.898. The van der Waals surface area contributed by atoms with E-state index in [0.717, 1.165) is 37.9 Å². The first-order chi connectivity index (χ1) is 9.70. The largest absolute Gasteiger partial charge is 0.342 e. The van der Waals surface area contributed by atoms with Gasteiger partial charge >= 0.3 is 0 Å². The van der Waals surface area contributed by atoms with Crippen molar-refractivity contribution in [2.75, 3.05) is 19.6 Å². The number of carbonyl (C=O) groups excluding carboxylic acids is 1. The second kappa shape index (κ2) is 7.39. The topological polar surface area (TPSA) is 32.3 Å². The molecular formula is C16H23FN2O. The number of piperidine rings is 1. The Morgan fingerprint density at radius 3 is 2.50 bits per heavy atom. The van der Waals surface area contributed by atoms with Gasteiger partial charge in [0.25, 0.3) is 0 Å². The molecule has 4 heteroatoms. The standard InChI is InChI=1S/C16H23FN2O/c1-2-15(13-6-8-14(17)9-7-13)18-12-16(20)19-10-4-3-5-11-19/h6-9,15,18H,2-5,10-12H2,1H3. The van der Waals surface area contributed by atoms with Gasteiger partial charge in [-0.15, -0.1) is 0 Å². The third-order valence-electron chi connectivity index (χ3n) is 3.89. The van der Waals surface area contributed by atoms with Crippen molar-refractivity contribution in [3.8, 4) is 0 Å². The Labute approximate surface area is 120 Å². The molecule has 0 aliphatic carbocycles. The molecule has 0 aromatic heterocycles. The number of carbonyl (C=O) groups is 1. The van der Waals surface area contributed by atoms with Crippen LogP contribution < -0.4 is 5.32 Å². The molecule has 3 nitrogen and oxygen atoms in total. The molecule has 1 unspecified atom stereocenters. The van der Waals surface area contributed by atoms with Crippen molar-refractivity contribution in [3.63, 3.8) is 0 Å². The minimum absolute atomic E-state index is 0.101. The van der Waals surface area contributed by atoms with E-state index >= 15 is 0 Å². The minimum Gasteiger partial charge on any atom is -0.342 e. The first-order valence-corrected chi connectivity index (χ1v) is 7.47. The Hall–Kier alpha value is -1.42. The highest BCUT2D eigenvalue weighted by molar-refractivity contribution is 5.78. The second-order valence-electron chi connectivity index (χ2n) is 5.33. The molecule has 0 bridgehead atoms. The van der Waals surface area contributed by atoms with E-state index in [-0.39, 0.29) is 17.8 Å². The van der Waals surface area contributed by atoms with Crippen molar-refractivity contribution < 1.29 is 9.18 Å². The molecule has 1 atom stereocenters. The Morgan fingerprint density at radius 2 is 1.90 bits per heavy atom. The van der Waals surface area contributed by atoms with Crippen LogP contribution in [0.15, 0.2) is 24.3 Å². The van der Waals surface area contributed by atoms with E-state index in [4.69, 9.17) is 0 Å². The monoisotopic (exact) mass is 278 g/mol. The smallest absolute Gasteiger partial charge is 0.236 e. The van der Waals surface area contributed by atoms with Crippen LogP contribution in [0.1, 0.15) is 44.2 Å². The van der Waals surface area contributed by atoms with Gasteiger partial charge in [-0.2, -0.15) is 0 Å². The summed E-state index contributed by atoms with van der Waals surface area (Å²) in [6, 6.07) is 6.59. The molecular weight excluding hydrogens is 255 g/mol. The van der Waals surface area contributed by atoms with Gasteiger partial charge < -0.3 is 10.2 Å². The van der Waals surface area contributed by atoms with Crippen LogP contribution in [0.3, 0.4) is 0 Å². The van der Waals surface area contributed by atoms with Crippen molar-refractivity contribution in [1.82, 2.24) is 10.2 Å². The molecule has 1 fully saturated rings. The fourth-order valence-corrected chi connectivity index (χ4v) is 2.66. The highest BCUT2D eigenvalue weighted by Crippen LogP contribution is 2.17. The van der Waals surface area contributed by atoms with Gasteiger partial charge in [0.15, 0.2) is 0 Å². The van der Waals surface area contributed by atoms with Gasteiger partial charge in [0.1, 0.15) is 5.82 Å². The molecule has 0 radical (unpaired) electrons. The zero-order valence-electron chi connectivity index (χ0n) is 12.1. The van der Waals surface area contributed by atoms with Gasteiger partial charge in [0, 0.05) is 19.1 Å². The first-order valence-electron chi connectivity index (χ1n) is 7.47. The van der Waals surface area contributed by atoms with E-state index < -0.39 is 0 Å². The molecule has 1 amide bonds. The van der Waals surface area contributed by atoms with Crippen LogP contribution in [0, 0.1) is 5.82 Å². The van der Waals surface area contributed by atoms with Crippen LogP contribution in [0.4, 0.5) is 4.39 Å². The molecule has 110 valence electrons. The maximum Gasteiger partial charge on any atom is 0.236 e. The molecule has 20 heavy (non-hydrogen) atoms. The number of hydrogen-bond donors (Lipinski definition) is 1. The number of benzene rings is 1. The zero-order valence-corrected chi connectivity index (χ0v) is 12.1. The Morgan fingerprint density at radius 1 is 1.25 bits per heavy atom. The highest BCUT2D eigenvalue weighted by atomic mass is 19.1. The summed E-state index contributed by atoms with van der Waals surface area (Å²) in [7, 11) is 0. The number of amides is 1. The maximum atomic E-state index is 12.9. The molecule has 1 aliphatic heterocycles. The SMILES string of the molecule is CCC(NCC(=O)N1CCCCC1)c1ccc(F)cc1. The molecule has 0 saturated carbocycles. The Balaban J connectivity index is 1.86. The van der Waals surface area contributed by atoms with Crippen molar-refractivity contribution in [3.05, 3.63) is 35.6 Å². The van der Waals surface area contributed by atoms with Crippen molar-refractivity contribution in [2.24, 2.45) is 0 Å². The third-order valence-corrected chi connectivity index (χ3v) is 3.89. The lowest BCUT2D eigenvalue weighted by molar-refractivity contribution is -0.131. The first kappa shape index (κ1) is 15.0. The maximum absolute atomic E-state index is 12.9. The van der Waals surface area contributed by atoms with Crippen LogP contribution in [-0.2, 0) is 4.79 Å². The molecule has 1 aromatic carbocycles.